The molecule has 1 heterocycles. The predicted molar refractivity (Wildman–Crippen MR) is 157 cm³/mol. The zero-order valence-corrected chi connectivity index (χ0v) is 24.3. The summed E-state index contributed by atoms with van der Waals surface area (Å²) in [6.45, 7) is 8.72. The number of halogens is 1. The number of nitrogens with one attached hydrogen (secondary N) is 2. The summed E-state index contributed by atoms with van der Waals surface area (Å²) in [6, 6.07) is 19.2. The van der Waals surface area contributed by atoms with Crippen LogP contribution < -0.4 is 10.6 Å². The number of carbonyl (C=O) groups is 3. The standard InChI is InChI=1S/C33H38FN3O4/c1-21-9-6-13-27(34)28(21)31(39)37-18-8-12-26(30(38)36-25-11-7-10-24(19-25)33(2,3)4)29(37)23-16-14-22(15-17-23)20-35-32(40)41-5/h6-7,9-11,13-17,19,26,29H,8,12,18,20H2,1-5H3,(H,35,40)(H,36,38). The van der Waals surface area contributed by atoms with Gasteiger partial charge in [-0.3, -0.25) is 9.59 Å². The lowest BCUT2D eigenvalue weighted by Crippen LogP contribution is -2.46. The second-order valence-corrected chi connectivity index (χ2v) is 11.5. The number of anilines is 1. The van der Waals surface area contributed by atoms with Gasteiger partial charge < -0.3 is 20.3 Å². The molecule has 0 spiro atoms. The SMILES string of the molecule is COC(=O)NCc1ccc(C2C(C(=O)Nc3cccc(C(C)(C)C)c3)CCCN2C(=O)c2c(C)cccc2F)cc1. The topological polar surface area (TPSA) is 87.7 Å². The van der Waals surface area contributed by atoms with Crippen molar-refractivity contribution >= 4 is 23.6 Å². The number of benzene rings is 3. The van der Waals surface area contributed by atoms with E-state index < -0.39 is 29.8 Å². The molecule has 2 atom stereocenters. The molecular weight excluding hydrogens is 521 g/mol. The Labute approximate surface area is 241 Å². The summed E-state index contributed by atoms with van der Waals surface area (Å²) in [6.07, 6.45) is 0.642. The van der Waals surface area contributed by atoms with Crippen LogP contribution in [0.15, 0.2) is 66.7 Å². The smallest absolute Gasteiger partial charge is 0.407 e. The lowest BCUT2D eigenvalue weighted by Gasteiger charge is -2.41. The van der Waals surface area contributed by atoms with Crippen LogP contribution in [0.25, 0.3) is 0 Å². The number of piperidine rings is 1. The van der Waals surface area contributed by atoms with E-state index in [1.807, 2.05) is 48.5 Å². The van der Waals surface area contributed by atoms with E-state index in [1.165, 1.54) is 13.2 Å². The zero-order valence-electron chi connectivity index (χ0n) is 24.3. The van der Waals surface area contributed by atoms with Crippen molar-refractivity contribution in [2.24, 2.45) is 5.92 Å². The average molecular weight is 560 g/mol. The Balaban J connectivity index is 1.68. The maximum absolute atomic E-state index is 14.9. The molecule has 1 fully saturated rings. The Hall–Kier alpha value is -4.20. The second kappa shape index (κ2) is 12.5. The van der Waals surface area contributed by atoms with Crippen LogP contribution in [0.5, 0.6) is 0 Å². The highest BCUT2D eigenvalue weighted by Gasteiger charge is 2.40. The lowest BCUT2D eigenvalue weighted by atomic mass is 9.82. The molecule has 3 aromatic rings. The van der Waals surface area contributed by atoms with Gasteiger partial charge in [0, 0.05) is 18.8 Å². The van der Waals surface area contributed by atoms with E-state index in [4.69, 9.17) is 0 Å². The van der Waals surface area contributed by atoms with Crippen LogP contribution in [0, 0.1) is 18.7 Å². The van der Waals surface area contributed by atoms with E-state index in [-0.39, 0.29) is 23.4 Å². The van der Waals surface area contributed by atoms with Crippen molar-refractivity contribution in [2.75, 3.05) is 19.0 Å². The number of alkyl carbamates (subject to hydrolysis) is 1. The minimum absolute atomic E-state index is 0.0235. The first-order valence-corrected chi connectivity index (χ1v) is 13.9. The van der Waals surface area contributed by atoms with Gasteiger partial charge in [-0.15, -0.1) is 0 Å². The second-order valence-electron chi connectivity index (χ2n) is 11.5. The van der Waals surface area contributed by atoms with Crippen LogP contribution in [0.4, 0.5) is 14.9 Å². The van der Waals surface area contributed by atoms with Gasteiger partial charge in [-0.25, -0.2) is 9.18 Å². The number of likely N-dealkylation sites (tertiary alicyclic amines) is 1. The van der Waals surface area contributed by atoms with E-state index >= 15 is 0 Å². The Bertz CT molecular complexity index is 1390. The first kappa shape index (κ1) is 29.8. The largest absolute Gasteiger partial charge is 0.453 e. The van der Waals surface area contributed by atoms with Crippen molar-refractivity contribution in [3.05, 3.63) is 100 Å². The number of ether oxygens (including phenoxy) is 1. The molecule has 0 saturated carbocycles. The molecule has 2 unspecified atom stereocenters. The maximum Gasteiger partial charge on any atom is 0.407 e. The molecule has 3 aromatic carbocycles. The third-order valence-corrected chi connectivity index (χ3v) is 7.60. The number of aryl methyl sites for hydroxylation is 1. The Morgan fingerprint density at radius 1 is 1.02 bits per heavy atom. The summed E-state index contributed by atoms with van der Waals surface area (Å²) in [5, 5.41) is 5.73. The van der Waals surface area contributed by atoms with Crippen LogP contribution >= 0.6 is 0 Å². The average Bonchev–Trinajstić information content (AvgIpc) is 2.95. The fourth-order valence-electron chi connectivity index (χ4n) is 5.33. The van der Waals surface area contributed by atoms with E-state index in [1.54, 1.807) is 24.0 Å². The molecule has 7 nitrogen and oxygen atoms in total. The van der Waals surface area contributed by atoms with E-state index in [2.05, 4.69) is 36.1 Å². The molecule has 216 valence electrons. The van der Waals surface area contributed by atoms with Gasteiger partial charge in [0.25, 0.3) is 5.91 Å². The Kier molecular flexibility index (Phi) is 9.11. The highest BCUT2D eigenvalue weighted by Crippen LogP contribution is 2.39. The maximum atomic E-state index is 14.9. The molecule has 1 saturated heterocycles. The van der Waals surface area contributed by atoms with Gasteiger partial charge in [0.1, 0.15) is 5.82 Å². The molecule has 8 heteroatoms. The van der Waals surface area contributed by atoms with Gasteiger partial charge in [0.05, 0.1) is 24.6 Å². The quantitative estimate of drug-likeness (QED) is 0.360. The van der Waals surface area contributed by atoms with Gasteiger partial charge in [-0.05, 0) is 65.6 Å². The first-order chi connectivity index (χ1) is 19.5. The zero-order chi connectivity index (χ0) is 29.7. The number of nitrogens with zero attached hydrogens (tertiary/aromatic N) is 1. The van der Waals surface area contributed by atoms with E-state index in [9.17, 15) is 18.8 Å². The lowest BCUT2D eigenvalue weighted by molar-refractivity contribution is -0.123. The van der Waals surface area contributed by atoms with Crippen molar-refractivity contribution in [3.63, 3.8) is 0 Å². The van der Waals surface area contributed by atoms with Gasteiger partial charge in [-0.1, -0.05) is 69.3 Å². The molecule has 2 N–H and O–H groups in total. The molecule has 0 bridgehead atoms. The number of rotatable bonds is 6. The number of hydrogen-bond acceptors (Lipinski definition) is 4. The van der Waals surface area contributed by atoms with Crippen molar-refractivity contribution in [2.45, 2.75) is 58.5 Å². The van der Waals surface area contributed by atoms with Gasteiger partial charge in [-0.2, -0.15) is 0 Å². The summed E-state index contributed by atoms with van der Waals surface area (Å²) < 4.78 is 19.6. The number of hydrogen-bond donors (Lipinski definition) is 2. The van der Waals surface area contributed by atoms with Gasteiger partial charge in [0.15, 0.2) is 0 Å². The minimum atomic E-state index is -0.608. The van der Waals surface area contributed by atoms with Crippen molar-refractivity contribution in [1.29, 1.82) is 0 Å². The highest BCUT2D eigenvalue weighted by molar-refractivity contribution is 5.98. The predicted octanol–water partition coefficient (Wildman–Crippen LogP) is 6.52. The highest BCUT2D eigenvalue weighted by atomic mass is 19.1. The van der Waals surface area contributed by atoms with Crippen LogP contribution in [0.1, 0.15) is 72.3 Å². The third-order valence-electron chi connectivity index (χ3n) is 7.60. The number of methoxy groups -OCH3 is 1. The molecule has 41 heavy (non-hydrogen) atoms. The summed E-state index contributed by atoms with van der Waals surface area (Å²) in [5.41, 5.74) is 3.87. The summed E-state index contributed by atoms with van der Waals surface area (Å²) >= 11 is 0. The molecular formula is C33H38FN3O4. The van der Waals surface area contributed by atoms with Crippen LogP contribution in [-0.2, 0) is 21.5 Å². The van der Waals surface area contributed by atoms with Crippen molar-refractivity contribution in [1.82, 2.24) is 10.2 Å². The monoisotopic (exact) mass is 559 g/mol. The summed E-state index contributed by atoms with van der Waals surface area (Å²) in [4.78, 5) is 40.9. The van der Waals surface area contributed by atoms with Gasteiger partial charge in [0.2, 0.25) is 5.91 Å². The first-order valence-electron chi connectivity index (χ1n) is 13.9. The molecule has 0 aliphatic carbocycles. The minimum Gasteiger partial charge on any atom is -0.453 e. The van der Waals surface area contributed by atoms with Crippen LogP contribution in [0.2, 0.25) is 0 Å². The number of carbonyl (C=O) groups excluding carboxylic acids is 3. The molecule has 0 aromatic heterocycles. The van der Waals surface area contributed by atoms with Crippen LogP contribution in [0.3, 0.4) is 0 Å². The third kappa shape index (κ3) is 6.93. The van der Waals surface area contributed by atoms with Crippen molar-refractivity contribution in [3.8, 4) is 0 Å². The van der Waals surface area contributed by atoms with Gasteiger partial charge >= 0.3 is 6.09 Å². The molecule has 3 amide bonds. The Morgan fingerprint density at radius 3 is 2.39 bits per heavy atom. The normalized spacial score (nSPS) is 17.1. The van der Waals surface area contributed by atoms with Crippen LogP contribution in [-0.4, -0.2) is 36.5 Å². The Morgan fingerprint density at radius 2 is 1.73 bits per heavy atom. The number of amides is 3. The fourth-order valence-corrected chi connectivity index (χ4v) is 5.33. The summed E-state index contributed by atoms with van der Waals surface area (Å²) in [5.74, 6) is -1.77. The molecule has 1 aliphatic heterocycles. The molecule has 1 aliphatic rings. The van der Waals surface area contributed by atoms with Crippen molar-refractivity contribution < 1.29 is 23.5 Å². The molecule has 4 rings (SSSR count). The van der Waals surface area contributed by atoms with E-state index in [0.717, 1.165) is 16.7 Å². The van der Waals surface area contributed by atoms with E-state index in [0.29, 0.717) is 30.6 Å². The fraction of sp³-hybridized carbons (Fsp3) is 0.364. The molecule has 0 radical (unpaired) electrons. The summed E-state index contributed by atoms with van der Waals surface area (Å²) in [7, 11) is 1.30.